The normalized spacial score (nSPS) is 16.5. The Morgan fingerprint density at radius 1 is 1.20 bits per heavy atom. The number of nitrogens with one attached hydrogen (secondary N) is 1. The number of piperazine rings is 1. The van der Waals surface area contributed by atoms with E-state index >= 15 is 0 Å². The van der Waals surface area contributed by atoms with E-state index in [0.29, 0.717) is 26.2 Å². The van der Waals surface area contributed by atoms with Crippen LogP contribution < -0.4 is 5.32 Å². The van der Waals surface area contributed by atoms with Crippen molar-refractivity contribution in [2.45, 2.75) is 33.3 Å². The van der Waals surface area contributed by atoms with Crippen LogP contribution in [0.2, 0.25) is 0 Å². The Morgan fingerprint density at radius 2 is 1.85 bits per heavy atom. The summed E-state index contributed by atoms with van der Waals surface area (Å²) in [5.41, 5.74) is 0. The van der Waals surface area contributed by atoms with Gasteiger partial charge in [0.1, 0.15) is 0 Å². The summed E-state index contributed by atoms with van der Waals surface area (Å²) in [7, 11) is 0. The zero-order valence-electron chi connectivity index (χ0n) is 12.9. The molecule has 0 aromatic rings. The summed E-state index contributed by atoms with van der Waals surface area (Å²) in [4.78, 5) is 27.6. The van der Waals surface area contributed by atoms with E-state index in [0.717, 1.165) is 26.1 Å². The van der Waals surface area contributed by atoms with Gasteiger partial charge in [-0.15, -0.1) is 0 Å². The fourth-order valence-electron chi connectivity index (χ4n) is 2.08. The molecule has 0 radical (unpaired) electrons. The van der Waals surface area contributed by atoms with E-state index in [4.69, 9.17) is 4.74 Å². The third kappa shape index (κ3) is 5.88. The Morgan fingerprint density at radius 3 is 2.40 bits per heavy atom. The first-order chi connectivity index (χ1) is 9.54. The van der Waals surface area contributed by atoms with E-state index < -0.39 is 11.8 Å². The number of hydrogen-bond donors (Lipinski definition) is 1. The van der Waals surface area contributed by atoms with Gasteiger partial charge in [-0.2, -0.15) is 0 Å². The van der Waals surface area contributed by atoms with E-state index in [-0.39, 0.29) is 6.10 Å². The Bertz CT molecular complexity index is 313. The van der Waals surface area contributed by atoms with Crippen LogP contribution >= 0.6 is 0 Å². The first-order valence-corrected chi connectivity index (χ1v) is 7.45. The molecule has 0 aromatic heterocycles. The molecule has 0 atom stereocenters. The molecule has 0 saturated carbocycles. The Labute approximate surface area is 121 Å². The van der Waals surface area contributed by atoms with Crippen molar-refractivity contribution >= 4 is 11.8 Å². The number of likely N-dealkylation sites (N-methyl/N-ethyl adjacent to an activating group) is 1. The number of carbonyl (C=O) groups is 2. The van der Waals surface area contributed by atoms with Crippen molar-refractivity contribution in [3.05, 3.63) is 0 Å². The second-order valence-electron chi connectivity index (χ2n) is 5.26. The molecule has 1 N–H and O–H groups in total. The Hall–Kier alpha value is -1.14. The maximum Gasteiger partial charge on any atom is 0.311 e. The fourth-order valence-corrected chi connectivity index (χ4v) is 2.08. The van der Waals surface area contributed by atoms with Crippen LogP contribution in [0.3, 0.4) is 0 Å². The van der Waals surface area contributed by atoms with Gasteiger partial charge in [-0.05, 0) is 26.8 Å². The highest BCUT2D eigenvalue weighted by Gasteiger charge is 2.24. The predicted octanol–water partition coefficient (Wildman–Crippen LogP) is 0.0818. The minimum atomic E-state index is -0.500. The first kappa shape index (κ1) is 16.9. The van der Waals surface area contributed by atoms with Gasteiger partial charge in [0.05, 0.1) is 6.10 Å². The summed E-state index contributed by atoms with van der Waals surface area (Å²) in [6, 6.07) is 0. The van der Waals surface area contributed by atoms with Crippen molar-refractivity contribution in [1.29, 1.82) is 0 Å². The molecule has 1 rings (SSSR count). The molecule has 1 aliphatic heterocycles. The molecule has 0 spiro atoms. The van der Waals surface area contributed by atoms with Crippen LogP contribution in [-0.4, -0.2) is 73.6 Å². The lowest BCUT2D eigenvalue weighted by Crippen LogP contribution is -2.52. The second kappa shape index (κ2) is 8.92. The van der Waals surface area contributed by atoms with E-state index in [1.54, 1.807) is 4.90 Å². The van der Waals surface area contributed by atoms with E-state index in [1.165, 1.54) is 0 Å². The zero-order valence-corrected chi connectivity index (χ0v) is 12.9. The van der Waals surface area contributed by atoms with Gasteiger partial charge in [0, 0.05) is 39.3 Å². The summed E-state index contributed by atoms with van der Waals surface area (Å²) in [5, 5.41) is 2.65. The highest BCUT2D eigenvalue weighted by molar-refractivity contribution is 6.35. The van der Waals surface area contributed by atoms with E-state index in [2.05, 4.69) is 17.1 Å². The van der Waals surface area contributed by atoms with Crippen molar-refractivity contribution in [3.63, 3.8) is 0 Å². The van der Waals surface area contributed by atoms with Crippen LogP contribution in [0.25, 0.3) is 0 Å². The highest BCUT2D eigenvalue weighted by Crippen LogP contribution is 2.01. The lowest BCUT2D eigenvalue weighted by atomic mass is 10.3. The lowest BCUT2D eigenvalue weighted by molar-refractivity contribution is -0.147. The summed E-state index contributed by atoms with van der Waals surface area (Å²) in [6.07, 6.45) is 0.920. The van der Waals surface area contributed by atoms with Crippen LogP contribution in [0.5, 0.6) is 0 Å². The standard InChI is InChI=1S/C14H27N3O3/c1-4-16-7-9-17(10-8-16)14(19)13(18)15-6-5-11-20-12(2)3/h12H,4-11H2,1-3H3,(H,15,18). The quantitative estimate of drug-likeness (QED) is 0.555. The topological polar surface area (TPSA) is 61.9 Å². The number of hydrogen-bond acceptors (Lipinski definition) is 4. The molecule has 6 nitrogen and oxygen atoms in total. The predicted molar refractivity (Wildman–Crippen MR) is 77.4 cm³/mol. The van der Waals surface area contributed by atoms with Gasteiger partial charge < -0.3 is 19.9 Å². The van der Waals surface area contributed by atoms with Gasteiger partial charge in [0.2, 0.25) is 0 Å². The van der Waals surface area contributed by atoms with Crippen molar-refractivity contribution in [1.82, 2.24) is 15.1 Å². The molecule has 1 aliphatic rings. The average Bonchev–Trinajstić information content (AvgIpc) is 2.45. The molecule has 0 aliphatic carbocycles. The van der Waals surface area contributed by atoms with Gasteiger partial charge in [-0.25, -0.2) is 0 Å². The second-order valence-corrected chi connectivity index (χ2v) is 5.26. The maximum atomic E-state index is 11.9. The molecule has 6 heteroatoms. The maximum absolute atomic E-state index is 11.9. The van der Waals surface area contributed by atoms with Crippen LogP contribution in [0.4, 0.5) is 0 Å². The third-order valence-electron chi connectivity index (χ3n) is 3.36. The zero-order chi connectivity index (χ0) is 15.0. The van der Waals surface area contributed by atoms with Gasteiger partial charge in [0.15, 0.2) is 0 Å². The van der Waals surface area contributed by atoms with Gasteiger partial charge >= 0.3 is 11.8 Å². The monoisotopic (exact) mass is 285 g/mol. The largest absolute Gasteiger partial charge is 0.379 e. The number of ether oxygens (including phenoxy) is 1. The molecule has 1 saturated heterocycles. The molecule has 0 unspecified atom stereocenters. The molecular formula is C14H27N3O3. The highest BCUT2D eigenvalue weighted by atomic mass is 16.5. The van der Waals surface area contributed by atoms with Crippen LogP contribution in [0.1, 0.15) is 27.2 Å². The number of rotatable bonds is 6. The van der Waals surface area contributed by atoms with E-state index in [1.807, 2.05) is 13.8 Å². The molecule has 0 bridgehead atoms. The summed E-state index contributed by atoms with van der Waals surface area (Å²) in [6.45, 7) is 11.1. The van der Waals surface area contributed by atoms with Crippen molar-refractivity contribution in [3.8, 4) is 0 Å². The van der Waals surface area contributed by atoms with Gasteiger partial charge in [-0.3, -0.25) is 9.59 Å². The smallest absolute Gasteiger partial charge is 0.311 e. The molecular weight excluding hydrogens is 258 g/mol. The number of carbonyl (C=O) groups excluding carboxylic acids is 2. The Balaban J connectivity index is 2.18. The first-order valence-electron chi connectivity index (χ1n) is 7.45. The fraction of sp³-hybridized carbons (Fsp3) is 0.857. The average molecular weight is 285 g/mol. The van der Waals surface area contributed by atoms with Crippen LogP contribution in [-0.2, 0) is 14.3 Å². The number of nitrogens with zero attached hydrogens (tertiary/aromatic N) is 2. The van der Waals surface area contributed by atoms with Crippen molar-refractivity contribution in [2.75, 3.05) is 45.9 Å². The minimum Gasteiger partial charge on any atom is -0.379 e. The van der Waals surface area contributed by atoms with Crippen molar-refractivity contribution < 1.29 is 14.3 Å². The number of amides is 2. The third-order valence-corrected chi connectivity index (χ3v) is 3.36. The summed E-state index contributed by atoms with van der Waals surface area (Å²) < 4.78 is 5.37. The molecule has 2 amide bonds. The van der Waals surface area contributed by atoms with Crippen LogP contribution in [0, 0.1) is 0 Å². The van der Waals surface area contributed by atoms with Crippen molar-refractivity contribution in [2.24, 2.45) is 0 Å². The minimum absolute atomic E-state index is 0.196. The van der Waals surface area contributed by atoms with Gasteiger partial charge in [0.25, 0.3) is 0 Å². The molecule has 1 heterocycles. The summed E-state index contributed by atoms with van der Waals surface area (Å²) >= 11 is 0. The van der Waals surface area contributed by atoms with E-state index in [9.17, 15) is 9.59 Å². The molecule has 1 fully saturated rings. The lowest BCUT2D eigenvalue weighted by Gasteiger charge is -2.33. The molecule has 20 heavy (non-hydrogen) atoms. The molecule has 0 aromatic carbocycles. The SMILES string of the molecule is CCN1CCN(C(=O)C(=O)NCCCOC(C)C)CC1. The summed E-state index contributed by atoms with van der Waals surface area (Å²) in [5.74, 6) is -0.912. The van der Waals surface area contributed by atoms with Crippen LogP contribution in [0.15, 0.2) is 0 Å². The molecule has 116 valence electrons. The Kier molecular flexibility index (Phi) is 7.54. The van der Waals surface area contributed by atoms with Gasteiger partial charge in [-0.1, -0.05) is 6.92 Å².